The Morgan fingerprint density at radius 1 is 1.00 bits per heavy atom. The molecular weight excluding hydrogens is 228 g/mol. The van der Waals surface area contributed by atoms with Crippen molar-refractivity contribution < 1.29 is 4.84 Å². The molecule has 0 unspecified atom stereocenters. The number of nitrogens with zero attached hydrogens (tertiary/aromatic N) is 1. The van der Waals surface area contributed by atoms with Gasteiger partial charge in [0.25, 0.3) is 0 Å². The first-order chi connectivity index (χ1) is 8.83. The number of hydrogen-bond acceptors (Lipinski definition) is 5. The molecule has 0 saturated carbocycles. The first-order valence-electron chi connectivity index (χ1n) is 5.67. The summed E-state index contributed by atoms with van der Waals surface area (Å²) in [5.41, 5.74) is 4.76. The number of para-hydroxylation sites is 2. The van der Waals surface area contributed by atoms with Gasteiger partial charge in [0.2, 0.25) is 0 Å². The van der Waals surface area contributed by atoms with Gasteiger partial charge in [0.05, 0.1) is 11.4 Å². The highest BCUT2D eigenvalue weighted by atomic mass is 16.6. The van der Waals surface area contributed by atoms with E-state index in [2.05, 4.69) is 21.1 Å². The molecule has 0 spiro atoms. The van der Waals surface area contributed by atoms with Crippen molar-refractivity contribution in [1.29, 1.82) is 0 Å². The number of anilines is 3. The molecule has 1 heterocycles. The average molecular weight is 244 g/mol. The molecule has 18 heavy (non-hydrogen) atoms. The van der Waals surface area contributed by atoms with Crippen LogP contribution in [-0.4, -0.2) is 19.1 Å². The van der Waals surface area contributed by atoms with E-state index in [0.717, 1.165) is 17.2 Å². The summed E-state index contributed by atoms with van der Waals surface area (Å²) in [6.07, 6.45) is 1.69. The third-order valence-electron chi connectivity index (χ3n) is 2.46. The van der Waals surface area contributed by atoms with Crippen molar-refractivity contribution in [1.82, 2.24) is 4.98 Å². The van der Waals surface area contributed by atoms with Gasteiger partial charge >= 0.3 is 0 Å². The van der Waals surface area contributed by atoms with E-state index in [9.17, 15) is 0 Å². The number of nitrogens with one attached hydrogen (secondary N) is 3. The molecule has 2 aromatic rings. The van der Waals surface area contributed by atoms with Crippen LogP contribution in [0.4, 0.5) is 17.2 Å². The normalized spacial score (nSPS) is 9.67. The fourth-order valence-corrected chi connectivity index (χ4v) is 1.52. The zero-order valence-corrected chi connectivity index (χ0v) is 10.4. The van der Waals surface area contributed by atoms with Gasteiger partial charge in [-0.1, -0.05) is 12.1 Å². The first-order valence-corrected chi connectivity index (χ1v) is 5.67. The highest BCUT2D eigenvalue weighted by Crippen LogP contribution is 2.21. The summed E-state index contributed by atoms with van der Waals surface area (Å²) in [5, 5.41) is 6.04. The standard InChI is InChI=1S/C13H16N4O/c1-14-11-5-3-4-6-12(11)17-18-10-7-8-16-13(9-10)15-2/h3-9,14,17H,1-2H3,(H,15,16). The molecule has 0 aliphatic carbocycles. The summed E-state index contributed by atoms with van der Waals surface area (Å²) in [6, 6.07) is 11.4. The third-order valence-corrected chi connectivity index (χ3v) is 2.46. The summed E-state index contributed by atoms with van der Waals surface area (Å²) in [4.78, 5) is 9.62. The smallest absolute Gasteiger partial charge is 0.160 e. The lowest BCUT2D eigenvalue weighted by atomic mass is 10.3. The highest BCUT2D eigenvalue weighted by Gasteiger charge is 2.01. The van der Waals surface area contributed by atoms with Crippen LogP contribution in [-0.2, 0) is 0 Å². The van der Waals surface area contributed by atoms with Crippen LogP contribution < -0.4 is 21.0 Å². The third kappa shape index (κ3) is 2.82. The van der Waals surface area contributed by atoms with Crippen molar-refractivity contribution in [3.8, 4) is 5.75 Å². The van der Waals surface area contributed by atoms with Crippen LogP contribution in [0.1, 0.15) is 0 Å². The van der Waals surface area contributed by atoms with Crippen LogP contribution in [0.2, 0.25) is 0 Å². The second-order valence-corrected chi connectivity index (χ2v) is 3.63. The lowest BCUT2D eigenvalue weighted by Crippen LogP contribution is -2.07. The quantitative estimate of drug-likeness (QED) is 0.706. The molecule has 0 atom stereocenters. The average Bonchev–Trinajstić information content (AvgIpc) is 2.45. The minimum Gasteiger partial charge on any atom is -0.386 e. The minimum absolute atomic E-state index is 0.695. The molecule has 0 bridgehead atoms. The lowest BCUT2D eigenvalue weighted by molar-refractivity contribution is 0.405. The van der Waals surface area contributed by atoms with Gasteiger partial charge in [-0.2, -0.15) is 0 Å². The van der Waals surface area contributed by atoms with E-state index in [1.807, 2.05) is 44.4 Å². The SMILES string of the molecule is CNc1cc(ONc2ccccc2NC)ccn1. The van der Waals surface area contributed by atoms with Crippen molar-refractivity contribution in [3.63, 3.8) is 0 Å². The van der Waals surface area contributed by atoms with Crippen molar-refractivity contribution in [2.75, 3.05) is 30.2 Å². The number of pyridine rings is 1. The van der Waals surface area contributed by atoms with Crippen molar-refractivity contribution >= 4 is 17.2 Å². The van der Waals surface area contributed by atoms with E-state index < -0.39 is 0 Å². The molecule has 5 heteroatoms. The van der Waals surface area contributed by atoms with Gasteiger partial charge in [-0.15, -0.1) is 0 Å². The van der Waals surface area contributed by atoms with E-state index in [1.165, 1.54) is 0 Å². The van der Waals surface area contributed by atoms with E-state index in [4.69, 9.17) is 4.84 Å². The van der Waals surface area contributed by atoms with E-state index in [1.54, 1.807) is 12.3 Å². The van der Waals surface area contributed by atoms with Gasteiger partial charge in [-0.25, -0.2) is 10.5 Å². The second-order valence-electron chi connectivity index (χ2n) is 3.63. The topological polar surface area (TPSA) is 58.2 Å². The predicted molar refractivity (Wildman–Crippen MR) is 74.0 cm³/mol. The van der Waals surface area contributed by atoms with Gasteiger partial charge in [-0.3, -0.25) is 0 Å². The molecular formula is C13H16N4O. The van der Waals surface area contributed by atoms with Gasteiger partial charge in [0, 0.05) is 32.4 Å². The van der Waals surface area contributed by atoms with Gasteiger partial charge in [0.1, 0.15) is 5.82 Å². The number of benzene rings is 1. The lowest BCUT2D eigenvalue weighted by Gasteiger charge is -2.12. The Morgan fingerprint density at radius 2 is 1.78 bits per heavy atom. The van der Waals surface area contributed by atoms with Crippen LogP contribution >= 0.6 is 0 Å². The van der Waals surface area contributed by atoms with Crippen molar-refractivity contribution in [2.24, 2.45) is 0 Å². The molecule has 3 N–H and O–H groups in total. The maximum atomic E-state index is 5.51. The maximum Gasteiger partial charge on any atom is 0.160 e. The molecule has 0 saturated heterocycles. The van der Waals surface area contributed by atoms with Crippen LogP contribution in [0, 0.1) is 0 Å². The predicted octanol–water partition coefficient (Wildman–Crippen LogP) is 2.57. The zero-order valence-electron chi connectivity index (χ0n) is 10.4. The maximum absolute atomic E-state index is 5.51. The highest BCUT2D eigenvalue weighted by molar-refractivity contribution is 5.67. The van der Waals surface area contributed by atoms with Crippen LogP contribution in [0.3, 0.4) is 0 Å². The Morgan fingerprint density at radius 3 is 2.50 bits per heavy atom. The molecule has 0 amide bonds. The molecule has 0 fully saturated rings. The summed E-state index contributed by atoms with van der Waals surface area (Å²) in [7, 11) is 3.68. The Balaban J connectivity index is 2.06. The molecule has 5 nitrogen and oxygen atoms in total. The van der Waals surface area contributed by atoms with Crippen LogP contribution in [0.5, 0.6) is 5.75 Å². The fourth-order valence-electron chi connectivity index (χ4n) is 1.52. The first kappa shape index (κ1) is 12.0. The summed E-state index contributed by atoms with van der Waals surface area (Å²) in [5.74, 6) is 1.46. The molecule has 0 radical (unpaired) electrons. The Bertz CT molecular complexity index is 516. The Kier molecular flexibility index (Phi) is 3.86. The minimum atomic E-state index is 0.695. The molecule has 0 aliphatic heterocycles. The number of aromatic nitrogens is 1. The Hall–Kier alpha value is -2.43. The second kappa shape index (κ2) is 5.77. The fraction of sp³-hybridized carbons (Fsp3) is 0.154. The summed E-state index contributed by atoms with van der Waals surface area (Å²) < 4.78 is 0. The summed E-state index contributed by atoms with van der Waals surface area (Å²) >= 11 is 0. The molecule has 2 rings (SSSR count). The Labute approximate surface area is 106 Å². The monoisotopic (exact) mass is 244 g/mol. The van der Waals surface area contributed by atoms with E-state index >= 15 is 0 Å². The van der Waals surface area contributed by atoms with E-state index in [0.29, 0.717) is 5.75 Å². The molecule has 94 valence electrons. The number of rotatable bonds is 5. The van der Waals surface area contributed by atoms with Gasteiger partial charge in [-0.05, 0) is 12.1 Å². The molecule has 1 aromatic carbocycles. The zero-order chi connectivity index (χ0) is 12.8. The summed E-state index contributed by atoms with van der Waals surface area (Å²) in [6.45, 7) is 0. The van der Waals surface area contributed by atoms with Gasteiger partial charge in [0.15, 0.2) is 5.75 Å². The van der Waals surface area contributed by atoms with Crippen LogP contribution in [0.25, 0.3) is 0 Å². The van der Waals surface area contributed by atoms with E-state index in [-0.39, 0.29) is 0 Å². The molecule has 0 aliphatic rings. The van der Waals surface area contributed by atoms with Crippen LogP contribution in [0.15, 0.2) is 42.6 Å². The van der Waals surface area contributed by atoms with Gasteiger partial charge < -0.3 is 15.5 Å². The van der Waals surface area contributed by atoms with Crippen molar-refractivity contribution in [3.05, 3.63) is 42.6 Å². The number of hydrogen-bond donors (Lipinski definition) is 3. The molecule has 1 aromatic heterocycles. The largest absolute Gasteiger partial charge is 0.386 e. The van der Waals surface area contributed by atoms with Crippen molar-refractivity contribution in [2.45, 2.75) is 0 Å².